The van der Waals surface area contributed by atoms with Gasteiger partial charge in [0, 0.05) is 18.1 Å². The second-order valence-electron chi connectivity index (χ2n) is 5.07. The van der Waals surface area contributed by atoms with Crippen LogP contribution in [0.1, 0.15) is 11.1 Å². The molecule has 0 aliphatic carbocycles. The molecular weight excluding hydrogens is 290 g/mol. The molecule has 3 rings (SSSR count). The first-order valence-electron chi connectivity index (χ1n) is 7.01. The number of aromatic nitrogens is 2. The highest BCUT2D eigenvalue weighted by Gasteiger charge is 2.11. The Morgan fingerprint density at radius 3 is 2.61 bits per heavy atom. The van der Waals surface area contributed by atoms with E-state index in [2.05, 4.69) is 11.1 Å². The number of carboxylic acids is 1. The van der Waals surface area contributed by atoms with Gasteiger partial charge in [0.15, 0.2) is 0 Å². The predicted molar refractivity (Wildman–Crippen MR) is 85.1 cm³/mol. The molecular formula is C18H13N3O2. The molecule has 0 unspecified atom stereocenters. The molecule has 0 saturated carbocycles. The van der Waals surface area contributed by atoms with Crippen molar-refractivity contribution >= 4 is 5.97 Å². The van der Waals surface area contributed by atoms with Gasteiger partial charge in [-0.3, -0.25) is 4.79 Å². The van der Waals surface area contributed by atoms with Gasteiger partial charge in [-0.2, -0.15) is 5.26 Å². The summed E-state index contributed by atoms with van der Waals surface area (Å²) in [5.41, 5.74) is 3.88. The van der Waals surface area contributed by atoms with Gasteiger partial charge in [-0.1, -0.05) is 18.2 Å². The highest BCUT2D eigenvalue weighted by Crippen LogP contribution is 2.27. The summed E-state index contributed by atoms with van der Waals surface area (Å²) in [6.07, 6.45) is 5.08. The van der Waals surface area contributed by atoms with Gasteiger partial charge >= 0.3 is 5.97 Å². The van der Waals surface area contributed by atoms with Gasteiger partial charge in [-0.15, -0.1) is 0 Å². The number of carbonyl (C=O) groups is 1. The number of nitrogens with zero attached hydrogens (tertiary/aromatic N) is 3. The summed E-state index contributed by atoms with van der Waals surface area (Å²) in [6.45, 7) is 0. The van der Waals surface area contributed by atoms with E-state index in [4.69, 9.17) is 5.26 Å². The smallest absolute Gasteiger partial charge is 0.307 e. The summed E-state index contributed by atoms with van der Waals surface area (Å²) in [7, 11) is 0. The van der Waals surface area contributed by atoms with Crippen molar-refractivity contribution in [3.63, 3.8) is 0 Å². The molecule has 112 valence electrons. The highest BCUT2D eigenvalue weighted by atomic mass is 16.4. The minimum atomic E-state index is -0.886. The Morgan fingerprint density at radius 2 is 2.00 bits per heavy atom. The average molecular weight is 303 g/mol. The lowest BCUT2D eigenvalue weighted by molar-refractivity contribution is -0.136. The molecule has 0 bridgehead atoms. The first kappa shape index (κ1) is 14.5. The second-order valence-corrected chi connectivity index (χ2v) is 5.07. The van der Waals surface area contributed by atoms with Crippen LogP contribution in [0.15, 0.2) is 61.2 Å². The van der Waals surface area contributed by atoms with E-state index in [-0.39, 0.29) is 6.42 Å². The molecule has 0 aliphatic rings. The minimum Gasteiger partial charge on any atom is -0.481 e. The molecule has 5 nitrogen and oxygen atoms in total. The summed E-state index contributed by atoms with van der Waals surface area (Å²) < 4.78 is 1.83. The van der Waals surface area contributed by atoms with E-state index >= 15 is 0 Å². The molecule has 3 aromatic rings. The molecule has 0 amide bonds. The first-order valence-corrected chi connectivity index (χ1v) is 7.01. The Bertz CT molecular complexity index is 876. The van der Waals surface area contributed by atoms with Gasteiger partial charge in [0.1, 0.15) is 0 Å². The Labute approximate surface area is 133 Å². The standard InChI is InChI=1S/C18H13N3O2/c19-11-13-1-3-14(4-2-13)17-6-5-16(21-8-7-20-12-21)9-15(17)10-18(22)23/h1-9,12H,10H2,(H,22,23). The summed E-state index contributed by atoms with van der Waals surface area (Å²) in [5.74, 6) is -0.886. The maximum Gasteiger partial charge on any atom is 0.307 e. The van der Waals surface area contributed by atoms with Crippen LogP contribution < -0.4 is 0 Å². The molecule has 5 heteroatoms. The molecule has 1 aromatic heterocycles. The molecule has 0 fully saturated rings. The van der Waals surface area contributed by atoms with Crippen molar-refractivity contribution < 1.29 is 9.90 Å². The van der Waals surface area contributed by atoms with E-state index < -0.39 is 5.97 Å². The third-order valence-electron chi connectivity index (χ3n) is 3.56. The third kappa shape index (κ3) is 3.11. The molecule has 0 radical (unpaired) electrons. The summed E-state index contributed by atoms with van der Waals surface area (Å²) in [4.78, 5) is 15.2. The molecule has 0 spiro atoms. The van der Waals surface area contributed by atoms with Gasteiger partial charge in [0.25, 0.3) is 0 Å². The summed E-state index contributed by atoms with van der Waals surface area (Å²) in [5, 5.41) is 18.1. The fourth-order valence-corrected chi connectivity index (χ4v) is 2.47. The minimum absolute atomic E-state index is 0.0716. The Balaban J connectivity index is 2.08. The number of hydrogen-bond donors (Lipinski definition) is 1. The van der Waals surface area contributed by atoms with Crippen LogP contribution in [0.25, 0.3) is 16.8 Å². The van der Waals surface area contributed by atoms with Gasteiger partial charge in [-0.25, -0.2) is 4.98 Å². The average Bonchev–Trinajstić information content (AvgIpc) is 3.09. The van der Waals surface area contributed by atoms with Crippen LogP contribution in [-0.2, 0) is 11.2 Å². The largest absolute Gasteiger partial charge is 0.481 e. The summed E-state index contributed by atoms with van der Waals surface area (Å²) >= 11 is 0. The molecule has 0 aliphatic heterocycles. The normalized spacial score (nSPS) is 10.2. The Morgan fingerprint density at radius 1 is 1.22 bits per heavy atom. The van der Waals surface area contributed by atoms with E-state index in [1.807, 2.05) is 34.9 Å². The molecule has 1 N–H and O–H groups in total. The zero-order valence-electron chi connectivity index (χ0n) is 12.2. The van der Waals surface area contributed by atoms with Crippen LogP contribution in [0.5, 0.6) is 0 Å². The van der Waals surface area contributed by atoms with Crippen molar-refractivity contribution in [3.8, 4) is 22.9 Å². The van der Waals surface area contributed by atoms with E-state index in [0.717, 1.165) is 16.8 Å². The zero-order valence-corrected chi connectivity index (χ0v) is 12.2. The number of nitriles is 1. The number of imidazole rings is 1. The van der Waals surface area contributed by atoms with E-state index in [9.17, 15) is 9.90 Å². The summed E-state index contributed by atoms with van der Waals surface area (Å²) in [6, 6.07) is 14.9. The van der Waals surface area contributed by atoms with Crippen LogP contribution in [0.2, 0.25) is 0 Å². The van der Waals surface area contributed by atoms with E-state index in [0.29, 0.717) is 11.1 Å². The maximum absolute atomic E-state index is 11.2. The van der Waals surface area contributed by atoms with E-state index in [1.165, 1.54) is 0 Å². The van der Waals surface area contributed by atoms with Crippen LogP contribution in [-0.4, -0.2) is 20.6 Å². The molecule has 0 saturated heterocycles. The molecule has 0 atom stereocenters. The van der Waals surface area contributed by atoms with Crippen LogP contribution in [0, 0.1) is 11.3 Å². The van der Waals surface area contributed by atoms with Gasteiger partial charge < -0.3 is 9.67 Å². The van der Waals surface area contributed by atoms with Crippen molar-refractivity contribution in [2.75, 3.05) is 0 Å². The topological polar surface area (TPSA) is 78.9 Å². The molecule has 2 aromatic carbocycles. The van der Waals surface area contributed by atoms with Crippen molar-refractivity contribution in [3.05, 3.63) is 72.3 Å². The molecule has 1 heterocycles. The number of rotatable bonds is 4. The van der Waals surface area contributed by atoms with Crippen LogP contribution >= 0.6 is 0 Å². The van der Waals surface area contributed by atoms with Gasteiger partial charge in [0.05, 0.1) is 24.4 Å². The number of benzene rings is 2. The van der Waals surface area contributed by atoms with Crippen molar-refractivity contribution in [1.82, 2.24) is 9.55 Å². The van der Waals surface area contributed by atoms with Gasteiger partial charge in [-0.05, 0) is 41.0 Å². The van der Waals surface area contributed by atoms with E-state index in [1.54, 1.807) is 30.9 Å². The third-order valence-corrected chi connectivity index (χ3v) is 3.56. The molecule has 23 heavy (non-hydrogen) atoms. The SMILES string of the molecule is N#Cc1ccc(-c2ccc(-n3ccnc3)cc2CC(=O)O)cc1. The lowest BCUT2D eigenvalue weighted by Crippen LogP contribution is -2.03. The quantitative estimate of drug-likeness (QED) is 0.803. The fourth-order valence-electron chi connectivity index (χ4n) is 2.47. The lowest BCUT2D eigenvalue weighted by atomic mass is 9.96. The number of carboxylic acid groups (broad SMARTS) is 1. The predicted octanol–water partition coefficient (Wildman–Crippen LogP) is 3.04. The number of hydrogen-bond acceptors (Lipinski definition) is 3. The van der Waals surface area contributed by atoms with Crippen molar-refractivity contribution in [1.29, 1.82) is 5.26 Å². The van der Waals surface area contributed by atoms with Crippen LogP contribution in [0.4, 0.5) is 0 Å². The monoisotopic (exact) mass is 303 g/mol. The first-order chi connectivity index (χ1) is 11.2. The van der Waals surface area contributed by atoms with Gasteiger partial charge in [0.2, 0.25) is 0 Å². The Kier molecular flexibility index (Phi) is 3.89. The zero-order chi connectivity index (χ0) is 16.2. The van der Waals surface area contributed by atoms with Crippen molar-refractivity contribution in [2.45, 2.75) is 6.42 Å². The maximum atomic E-state index is 11.2. The second kappa shape index (κ2) is 6.16. The lowest BCUT2D eigenvalue weighted by Gasteiger charge is -2.11. The van der Waals surface area contributed by atoms with Crippen molar-refractivity contribution in [2.24, 2.45) is 0 Å². The Hall–Kier alpha value is -3.39. The fraction of sp³-hybridized carbons (Fsp3) is 0.0556. The highest BCUT2D eigenvalue weighted by molar-refractivity contribution is 5.77. The van der Waals surface area contributed by atoms with Crippen LogP contribution in [0.3, 0.4) is 0 Å². The number of aliphatic carboxylic acids is 1.